The minimum absolute atomic E-state index is 0. The van der Waals surface area contributed by atoms with E-state index in [2.05, 4.69) is 11.4 Å². The molecule has 27 heavy (non-hydrogen) atoms. The largest absolute Gasteiger partial charge is 0.521 e. The molecule has 0 spiro atoms. The van der Waals surface area contributed by atoms with Gasteiger partial charge in [-0.3, -0.25) is 14.6 Å². The third-order valence-electron chi connectivity index (χ3n) is 4.21. The summed E-state index contributed by atoms with van der Waals surface area (Å²) in [5.74, 6) is -0.807. The fraction of sp³-hybridized carbons (Fsp3) is 0.944. The minimum atomic E-state index is -4.66. The van der Waals surface area contributed by atoms with E-state index in [0.29, 0.717) is 23.0 Å². The molecule has 158 valence electrons. The molecule has 0 aromatic carbocycles. The van der Waals surface area contributed by atoms with Gasteiger partial charge in [-0.05, 0) is 6.42 Å². The summed E-state index contributed by atoms with van der Waals surface area (Å²) in [6.07, 6.45) is 18.7. The van der Waals surface area contributed by atoms with Crippen LogP contribution in [0.25, 0.3) is 0 Å². The summed E-state index contributed by atoms with van der Waals surface area (Å²) in [5.41, 5.74) is 0. The van der Waals surface area contributed by atoms with Crippen LogP contribution in [0.4, 0.5) is 0 Å². The first-order chi connectivity index (χ1) is 12.5. The zero-order chi connectivity index (χ0) is 20.1. The number of phosphoric ester groups is 1. The zero-order valence-corrected chi connectivity index (χ0v) is 19.7. The van der Waals surface area contributed by atoms with Crippen molar-refractivity contribution in [3.8, 4) is 0 Å². The van der Waals surface area contributed by atoms with Gasteiger partial charge in [0.2, 0.25) is 0 Å². The van der Waals surface area contributed by atoms with Crippen LogP contribution in [-0.2, 0) is 13.9 Å². The number of phosphoric acid groups is 1. The second-order valence-corrected chi connectivity index (χ2v) is 7.82. The van der Waals surface area contributed by atoms with Crippen LogP contribution in [0.1, 0.15) is 110 Å². The molecule has 0 radical (unpaired) electrons. The summed E-state index contributed by atoms with van der Waals surface area (Å²) in [7, 11) is -4.66. The van der Waals surface area contributed by atoms with Gasteiger partial charge in [0.15, 0.2) is 0 Å². The van der Waals surface area contributed by atoms with E-state index >= 15 is 0 Å². The van der Waals surface area contributed by atoms with Crippen molar-refractivity contribution in [2.24, 2.45) is 0 Å². The van der Waals surface area contributed by atoms with Crippen LogP contribution in [0.3, 0.4) is 0 Å². The molecule has 0 saturated carbocycles. The second-order valence-electron chi connectivity index (χ2n) is 6.65. The van der Waals surface area contributed by atoms with Crippen molar-refractivity contribution >= 4 is 49.3 Å². The molecule has 0 unspecified atom stereocenters. The molecule has 0 aliphatic carbocycles. The molecule has 0 bridgehead atoms. The number of carbonyl (C=O) groups excluding carboxylic acids is 1. The van der Waals surface area contributed by atoms with E-state index in [1.54, 1.807) is 0 Å². The van der Waals surface area contributed by atoms with Crippen molar-refractivity contribution in [1.82, 2.24) is 0 Å². The van der Waals surface area contributed by atoms with Crippen LogP contribution in [-0.4, -0.2) is 55.4 Å². The Labute approximate surface area is 186 Å². The standard InChI is InChI=1S/C18H37O5P.Al.Li.H2O.3H/c1-2-3-4-5-6-7-8-9-10-11-12-13-14-15-16-17-18(19)23-24(20,21)22;;;;;;/h2-17H2,1H3,(H2,20,21,22);;;1H2;;;/q;+1;;;;;/p-1. The fourth-order valence-corrected chi connectivity index (χ4v) is 3.18. The van der Waals surface area contributed by atoms with Crippen molar-refractivity contribution in [3.63, 3.8) is 0 Å². The van der Waals surface area contributed by atoms with Gasteiger partial charge >= 0.3 is 49.3 Å². The fourth-order valence-electron chi connectivity index (χ4n) is 2.82. The third kappa shape index (κ3) is 31.6. The molecule has 0 heterocycles. The molecule has 0 amide bonds. The maximum atomic E-state index is 11.1. The second kappa shape index (κ2) is 24.7. The molecule has 0 aromatic rings. The molecule has 0 saturated heterocycles. The van der Waals surface area contributed by atoms with Crippen molar-refractivity contribution in [3.05, 3.63) is 0 Å². The van der Waals surface area contributed by atoms with E-state index in [1.165, 1.54) is 77.0 Å². The van der Waals surface area contributed by atoms with E-state index in [-0.39, 0.29) is 25.3 Å². The molecule has 3 N–H and O–H groups in total. The van der Waals surface area contributed by atoms with Gasteiger partial charge < -0.3 is 8.68 Å². The summed E-state index contributed by atoms with van der Waals surface area (Å²) in [4.78, 5) is 28.0. The molecule has 0 rings (SSSR count). The summed E-state index contributed by atoms with van der Waals surface area (Å²) in [5, 5.41) is 0. The van der Waals surface area contributed by atoms with Gasteiger partial charge in [0, 0.05) is 6.42 Å². The SMILES string of the molecule is CCCCCCCCCCCCCCCCCC(=O)OP(=O)(O)O.[LiH].[OH][AlH2]. The zero-order valence-electron chi connectivity index (χ0n) is 16.8. The smallest absolute Gasteiger partial charge is 0.407 e. The predicted octanol–water partition coefficient (Wildman–Crippen LogP) is 3.76. The first-order valence-electron chi connectivity index (χ1n) is 10.2. The van der Waals surface area contributed by atoms with Crippen molar-refractivity contribution in [2.75, 3.05) is 0 Å². The molecule has 0 aromatic heterocycles. The Morgan fingerprint density at radius 3 is 1.33 bits per heavy atom. The molecular formula is C18H41AlLiO6P. The first-order valence-corrected chi connectivity index (χ1v) is 12.6. The van der Waals surface area contributed by atoms with Crippen LogP contribution < -0.4 is 0 Å². The van der Waals surface area contributed by atoms with Crippen LogP contribution in [0.15, 0.2) is 0 Å². The molecule has 0 aliphatic rings. The maximum absolute atomic E-state index is 11.1. The Bertz CT molecular complexity index is 355. The molecule has 0 aliphatic heterocycles. The predicted molar refractivity (Wildman–Crippen MR) is 116 cm³/mol. The molecule has 0 atom stereocenters. The number of rotatable bonds is 17. The third-order valence-corrected chi connectivity index (χ3v) is 4.65. The first kappa shape index (κ1) is 32.4. The monoisotopic (exact) mass is 418 g/mol. The summed E-state index contributed by atoms with van der Waals surface area (Å²) >= 11 is 0.306. The Balaban J connectivity index is -0.00000185. The topological polar surface area (TPSA) is 104 Å². The summed E-state index contributed by atoms with van der Waals surface area (Å²) in [6.45, 7) is 2.25. The van der Waals surface area contributed by atoms with Crippen LogP contribution in [0.5, 0.6) is 0 Å². The van der Waals surface area contributed by atoms with E-state index < -0.39 is 13.8 Å². The minimum Gasteiger partial charge on any atom is -0.521 e. The summed E-state index contributed by atoms with van der Waals surface area (Å²) in [6, 6.07) is 0. The maximum Gasteiger partial charge on any atom is 0.407 e. The van der Waals surface area contributed by atoms with Gasteiger partial charge in [0.1, 0.15) is 0 Å². The van der Waals surface area contributed by atoms with E-state index in [0.717, 1.165) is 12.8 Å². The Hall–Kier alpha value is 0.710. The molecule has 6 nitrogen and oxygen atoms in total. The average molecular weight is 418 g/mol. The molecule has 0 fully saturated rings. The Kier molecular flexibility index (Phi) is 29.7. The number of carbonyl (C=O) groups is 1. The Morgan fingerprint density at radius 1 is 0.741 bits per heavy atom. The van der Waals surface area contributed by atoms with Gasteiger partial charge in [-0.1, -0.05) is 96.8 Å². The van der Waals surface area contributed by atoms with Crippen molar-refractivity contribution in [2.45, 2.75) is 110 Å². The molecule has 9 heteroatoms. The number of hydrogen-bond donors (Lipinski definition) is 3. The van der Waals surface area contributed by atoms with Crippen LogP contribution in [0.2, 0.25) is 0 Å². The summed E-state index contributed by atoms with van der Waals surface area (Å²) < 4.78 is 21.6. The van der Waals surface area contributed by atoms with Crippen LogP contribution in [0, 0.1) is 0 Å². The van der Waals surface area contributed by atoms with Crippen molar-refractivity contribution in [1.29, 1.82) is 0 Å². The van der Waals surface area contributed by atoms with Crippen LogP contribution >= 0.6 is 7.82 Å². The van der Waals surface area contributed by atoms with Gasteiger partial charge in [-0.25, -0.2) is 4.57 Å². The quantitative estimate of drug-likeness (QED) is 0.189. The average Bonchev–Trinajstić information content (AvgIpc) is 2.58. The Morgan fingerprint density at radius 2 is 1.04 bits per heavy atom. The normalized spacial score (nSPS) is 10.5. The molecular weight excluding hydrogens is 377 g/mol. The number of hydrogen-bond acceptors (Lipinski definition) is 4. The number of unbranched alkanes of at least 4 members (excludes halogenated alkanes) is 14. The van der Waals surface area contributed by atoms with Gasteiger partial charge in [0.05, 0.1) is 0 Å². The van der Waals surface area contributed by atoms with Gasteiger partial charge in [-0.2, -0.15) is 0 Å². The van der Waals surface area contributed by atoms with E-state index in [4.69, 9.17) is 13.9 Å². The van der Waals surface area contributed by atoms with E-state index in [9.17, 15) is 9.36 Å². The van der Waals surface area contributed by atoms with Gasteiger partial charge in [0.25, 0.3) is 0 Å². The van der Waals surface area contributed by atoms with E-state index in [1.807, 2.05) is 0 Å². The van der Waals surface area contributed by atoms with Crippen molar-refractivity contribution < 1.29 is 27.8 Å². The van der Waals surface area contributed by atoms with Gasteiger partial charge in [-0.15, -0.1) is 0 Å².